The molecule has 0 aromatic rings. The zero-order valence-electron chi connectivity index (χ0n) is 9.15. The van der Waals surface area contributed by atoms with E-state index in [0.29, 0.717) is 6.42 Å². The number of hydrogen-bond acceptors (Lipinski definition) is 3. The molecule has 0 rings (SSSR count). The smallest absolute Gasteiger partial charge is 0.303 e. The predicted molar refractivity (Wildman–Crippen MR) is 51.2 cm³/mol. The summed E-state index contributed by atoms with van der Waals surface area (Å²) in [6.07, 6.45) is -3.83. The molecule has 0 aliphatic carbocycles. The first-order valence-electron chi connectivity index (χ1n) is 4.58. The van der Waals surface area contributed by atoms with Crippen LogP contribution in [0.2, 0.25) is 0 Å². The highest BCUT2D eigenvalue weighted by molar-refractivity contribution is 5.03. The third-order valence-corrected chi connectivity index (χ3v) is 2.24. The molecule has 0 bridgehead atoms. The molecule has 0 radical (unpaired) electrons. The van der Waals surface area contributed by atoms with Crippen LogP contribution in [0.15, 0.2) is 0 Å². The molecule has 1 N–H and O–H groups in total. The number of nitriles is 1. The molecule has 0 aromatic carbocycles. The standard InChI is InChI=1S/C9H16F3N3/c1-8(6-13,14-2)4-5-15(3)7-9(10,11)12/h14H,4-5,7H2,1-3H3. The summed E-state index contributed by atoms with van der Waals surface area (Å²) in [4.78, 5) is 1.16. The van der Waals surface area contributed by atoms with Crippen LogP contribution in [0, 0.1) is 11.3 Å². The van der Waals surface area contributed by atoms with Gasteiger partial charge in [-0.05, 0) is 27.4 Å². The molecule has 0 fully saturated rings. The van der Waals surface area contributed by atoms with Crippen LogP contribution in [0.1, 0.15) is 13.3 Å². The normalized spacial score (nSPS) is 16.1. The lowest BCUT2D eigenvalue weighted by Gasteiger charge is -2.25. The van der Waals surface area contributed by atoms with E-state index < -0.39 is 18.3 Å². The molecule has 0 heterocycles. The van der Waals surface area contributed by atoms with Gasteiger partial charge in [0.05, 0.1) is 12.6 Å². The molecule has 0 saturated heterocycles. The van der Waals surface area contributed by atoms with Crippen molar-refractivity contribution < 1.29 is 13.2 Å². The minimum Gasteiger partial charge on any atom is -0.303 e. The van der Waals surface area contributed by atoms with Crippen molar-refractivity contribution in [3.8, 4) is 6.07 Å². The first kappa shape index (κ1) is 14.2. The van der Waals surface area contributed by atoms with Gasteiger partial charge in [0.2, 0.25) is 0 Å². The largest absolute Gasteiger partial charge is 0.401 e. The number of rotatable bonds is 5. The second kappa shape index (κ2) is 5.33. The Morgan fingerprint density at radius 2 is 1.93 bits per heavy atom. The fraction of sp³-hybridized carbons (Fsp3) is 0.889. The Kier molecular flexibility index (Phi) is 5.05. The van der Waals surface area contributed by atoms with E-state index >= 15 is 0 Å². The summed E-state index contributed by atoms with van der Waals surface area (Å²) in [5, 5.41) is 11.6. The van der Waals surface area contributed by atoms with Crippen LogP contribution in [0.5, 0.6) is 0 Å². The van der Waals surface area contributed by atoms with Crippen LogP contribution in [-0.4, -0.2) is 43.8 Å². The van der Waals surface area contributed by atoms with E-state index in [2.05, 4.69) is 5.32 Å². The van der Waals surface area contributed by atoms with E-state index in [4.69, 9.17) is 5.26 Å². The summed E-state index contributed by atoms with van der Waals surface area (Å²) in [5.74, 6) is 0. The Balaban J connectivity index is 4.01. The molecule has 1 unspecified atom stereocenters. The molecule has 15 heavy (non-hydrogen) atoms. The highest BCUT2D eigenvalue weighted by atomic mass is 19.4. The van der Waals surface area contributed by atoms with Gasteiger partial charge in [-0.15, -0.1) is 0 Å². The Morgan fingerprint density at radius 3 is 2.27 bits per heavy atom. The minimum atomic E-state index is -4.18. The zero-order chi connectivity index (χ0) is 12.1. The Morgan fingerprint density at radius 1 is 1.40 bits per heavy atom. The van der Waals surface area contributed by atoms with Crippen molar-refractivity contribution in [3.05, 3.63) is 0 Å². The molecule has 0 spiro atoms. The summed E-state index contributed by atoms with van der Waals surface area (Å²) < 4.78 is 35.9. The van der Waals surface area contributed by atoms with Gasteiger partial charge in [-0.2, -0.15) is 18.4 Å². The van der Waals surface area contributed by atoms with E-state index in [0.717, 1.165) is 4.90 Å². The number of alkyl halides is 3. The fourth-order valence-electron chi connectivity index (χ4n) is 1.04. The second-order valence-corrected chi connectivity index (χ2v) is 3.80. The average Bonchev–Trinajstić information content (AvgIpc) is 2.12. The Labute approximate surface area is 87.9 Å². The number of halogens is 3. The topological polar surface area (TPSA) is 39.1 Å². The predicted octanol–water partition coefficient (Wildman–Crippen LogP) is 1.37. The van der Waals surface area contributed by atoms with Crippen LogP contribution in [0.4, 0.5) is 13.2 Å². The van der Waals surface area contributed by atoms with E-state index in [1.54, 1.807) is 14.0 Å². The molecule has 0 aromatic heterocycles. The van der Waals surface area contributed by atoms with Crippen molar-refractivity contribution >= 4 is 0 Å². The van der Waals surface area contributed by atoms with Crippen molar-refractivity contribution in [1.29, 1.82) is 5.26 Å². The van der Waals surface area contributed by atoms with Crippen LogP contribution >= 0.6 is 0 Å². The molecule has 3 nitrogen and oxygen atoms in total. The molecule has 0 saturated carbocycles. The molecular weight excluding hydrogens is 207 g/mol. The average molecular weight is 223 g/mol. The van der Waals surface area contributed by atoms with E-state index in [1.165, 1.54) is 7.05 Å². The van der Waals surface area contributed by atoms with Gasteiger partial charge < -0.3 is 5.32 Å². The quantitative estimate of drug-likeness (QED) is 0.765. The van der Waals surface area contributed by atoms with E-state index in [-0.39, 0.29) is 6.54 Å². The van der Waals surface area contributed by atoms with E-state index in [9.17, 15) is 13.2 Å². The van der Waals surface area contributed by atoms with Crippen molar-refractivity contribution in [2.75, 3.05) is 27.2 Å². The van der Waals surface area contributed by atoms with Crippen molar-refractivity contribution in [3.63, 3.8) is 0 Å². The summed E-state index contributed by atoms with van der Waals surface area (Å²) in [7, 11) is 3.01. The molecular formula is C9H16F3N3. The molecule has 0 aliphatic rings. The van der Waals surface area contributed by atoms with Crippen molar-refractivity contribution in [2.45, 2.75) is 25.1 Å². The molecule has 1 atom stereocenters. The molecule has 0 aliphatic heterocycles. The van der Waals surface area contributed by atoms with Crippen LogP contribution < -0.4 is 5.32 Å². The molecule has 6 heteroatoms. The summed E-state index contributed by atoms with van der Waals surface area (Å²) in [6, 6.07) is 2.03. The van der Waals surface area contributed by atoms with Crippen molar-refractivity contribution in [1.82, 2.24) is 10.2 Å². The summed E-state index contributed by atoms with van der Waals surface area (Å²) >= 11 is 0. The minimum absolute atomic E-state index is 0.227. The SMILES string of the molecule is CNC(C)(C#N)CCN(C)CC(F)(F)F. The van der Waals surface area contributed by atoms with Gasteiger partial charge in [0.1, 0.15) is 5.54 Å². The van der Waals surface area contributed by atoms with Gasteiger partial charge in [0.15, 0.2) is 0 Å². The number of nitrogens with zero attached hydrogens (tertiary/aromatic N) is 2. The van der Waals surface area contributed by atoms with Gasteiger partial charge in [-0.3, -0.25) is 4.90 Å². The maximum atomic E-state index is 12.0. The monoisotopic (exact) mass is 223 g/mol. The lowest BCUT2D eigenvalue weighted by molar-refractivity contribution is -0.143. The van der Waals surface area contributed by atoms with Crippen LogP contribution in [0.25, 0.3) is 0 Å². The highest BCUT2D eigenvalue weighted by Gasteiger charge is 2.30. The first-order chi connectivity index (χ1) is 6.72. The first-order valence-corrected chi connectivity index (χ1v) is 4.58. The Bertz CT molecular complexity index is 234. The third-order valence-electron chi connectivity index (χ3n) is 2.24. The molecule has 88 valence electrons. The van der Waals surface area contributed by atoms with Gasteiger partial charge in [0.25, 0.3) is 0 Å². The molecule has 0 amide bonds. The van der Waals surface area contributed by atoms with Gasteiger partial charge >= 0.3 is 6.18 Å². The fourth-order valence-corrected chi connectivity index (χ4v) is 1.04. The number of nitrogens with one attached hydrogen (secondary N) is 1. The summed E-state index contributed by atoms with van der Waals surface area (Å²) in [6.45, 7) is 0.942. The lowest BCUT2D eigenvalue weighted by Crippen LogP contribution is -2.42. The van der Waals surface area contributed by atoms with Crippen LogP contribution in [0.3, 0.4) is 0 Å². The maximum Gasteiger partial charge on any atom is 0.401 e. The highest BCUT2D eigenvalue weighted by Crippen LogP contribution is 2.16. The zero-order valence-corrected chi connectivity index (χ0v) is 9.15. The van der Waals surface area contributed by atoms with Gasteiger partial charge in [-0.25, -0.2) is 0 Å². The maximum absolute atomic E-state index is 12.0. The van der Waals surface area contributed by atoms with Gasteiger partial charge in [-0.1, -0.05) is 0 Å². The number of hydrogen-bond donors (Lipinski definition) is 1. The Hall–Kier alpha value is -0.800. The lowest BCUT2D eigenvalue weighted by atomic mass is 10.0. The van der Waals surface area contributed by atoms with Crippen molar-refractivity contribution in [2.24, 2.45) is 0 Å². The van der Waals surface area contributed by atoms with Gasteiger partial charge in [0, 0.05) is 6.54 Å². The van der Waals surface area contributed by atoms with E-state index in [1.807, 2.05) is 6.07 Å². The van der Waals surface area contributed by atoms with Crippen LogP contribution in [-0.2, 0) is 0 Å². The second-order valence-electron chi connectivity index (χ2n) is 3.80. The summed E-state index contributed by atoms with van der Waals surface area (Å²) in [5.41, 5.74) is -0.764. The third kappa shape index (κ3) is 6.31.